The molecule has 1 aromatic heterocycles. The van der Waals surface area contributed by atoms with Crippen LogP contribution in [0.3, 0.4) is 0 Å². The molecule has 0 saturated heterocycles. The molecule has 0 unspecified atom stereocenters. The second-order valence-electron chi connectivity index (χ2n) is 7.88. The number of nitrogens with one attached hydrogen (secondary N) is 2. The van der Waals surface area contributed by atoms with E-state index in [1.54, 1.807) is 0 Å². The van der Waals surface area contributed by atoms with Crippen molar-refractivity contribution in [3.8, 4) is 11.3 Å². The van der Waals surface area contributed by atoms with E-state index in [9.17, 15) is 35.2 Å². The first-order valence-electron chi connectivity index (χ1n) is 10.2. The van der Waals surface area contributed by atoms with Gasteiger partial charge in [0.1, 0.15) is 17.3 Å². The van der Waals surface area contributed by atoms with Crippen LogP contribution in [0.25, 0.3) is 11.3 Å². The Labute approximate surface area is 208 Å². The average molecular weight is 548 g/mol. The van der Waals surface area contributed by atoms with Gasteiger partial charge in [0.15, 0.2) is 0 Å². The summed E-state index contributed by atoms with van der Waals surface area (Å²) in [5, 5.41) is 2.25. The van der Waals surface area contributed by atoms with E-state index < -0.39 is 45.4 Å². The number of carbonyl (C=O) groups is 1. The van der Waals surface area contributed by atoms with E-state index in [-0.39, 0.29) is 39.6 Å². The van der Waals surface area contributed by atoms with E-state index >= 15 is 0 Å². The molecule has 2 aromatic carbocycles. The first-order valence-corrected chi connectivity index (χ1v) is 12.5. The predicted octanol–water partition coefficient (Wildman–Crippen LogP) is 5.49. The number of carbonyl (C=O) groups excluding carboxylic acids is 1. The van der Waals surface area contributed by atoms with E-state index in [0.29, 0.717) is 0 Å². The first-order chi connectivity index (χ1) is 16.7. The molecule has 0 aliphatic heterocycles. The molecular formula is C23H19ClF5N3O3S. The summed E-state index contributed by atoms with van der Waals surface area (Å²) in [7, 11) is -3.71. The maximum atomic E-state index is 14.3. The van der Waals surface area contributed by atoms with Gasteiger partial charge in [-0.3, -0.25) is 9.52 Å². The van der Waals surface area contributed by atoms with Crippen molar-refractivity contribution < 1.29 is 35.2 Å². The zero-order chi connectivity index (χ0) is 26.8. The summed E-state index contributed by atoms with van der Waals surface area (Å²) in [6.07, 6.45) is -3.88. The monoisotopic (exact) mass is 547 g/mol. The topological polar surface area (TPSA) is 88.2 Å². The summed E-state index contributed by atoms with van der Waals surface area (Å²) in [4.78, 5) is 16.4. The molecule has 0 saturated carbocycles. The zero-order valence-corrected chi connectivity index (χ0v) is 20.3. The lowest BCUT2D eigenvalue weighted by atomic mass is 9.99. The van der Waals surface area contributed by atoms with Gasteiger partial charge in [0.05, 0.1) is 28.6 Å². The van der Waals surface area contributed by atoms with Crippen LogP contribution in [0.1, 0.15) is 29.7 Å². The fourth-order valence-corrected chi connectivity index (χ4v) is 4.00. The second-order valence-corrected chi connectivity index (χ2v) is 10.0. The highest BCUT2D eigenvalue weighted by Gasteiger charge is 2.33. The van der Waals surface area contributed by atoms with E-state index in [0.717, 1.165) is 36.6 Å². The Morgan fingerprint density at radius 1 is 1.06 bits per heavy atom. The van der Waals surface area contributed by atoms with Crippen molar-refractivity contribution >= 4 is 33.2 Å². The third-order valence-corrected chi connectivity index (χ3v) is 5.98. The Morgan fingerprint density at radius 2 is 1.75 bits per heavy atom. The van der Waals surface area contributed by atoms with Crippen LogP contribution in [-0.4, -0.2) is 25.6 Å². The highest BCUT2D eigenvalue weighted by molar-refractivity contribution is 7.92. The number of alkyl halides is 3. The number of pyridine rings is 1. The number of hydrogen-bond donors (Lipinski definition) is 2. The normalized spacial score (nSPS) is 12.8. The Bertz CT molecular complexity index is 1410. The summed E-state index contributed by atoms with van der Waals surface area (Å²) in [6, 6.07) is 8.76. The molecule has 3 aromatic rings. The summed E-state index contributed by atoms with van der Waals surface area (Å²) >= 11 is 5.78. The molecule has 2 N–H and O–H groups in total. The molecule has 0 spiro atoms. The summed E-state index contributed by atoms with van der Waals surface area (Å²) in [6.45, 7) is 1.23. The van der Waals surface area contributed by atoms with Crippen molar-refractivity contribution in [3.05, 3.63) is 82.0 Å². The van der Waals surface area contributed by atoms with Gasteiger partial charge in [0.2, 0.25) is 15.9 Å². The summed E-state index contributed by atoms with van der Waals surface area (Å²) in [5.41, 5.74) is -1.07. The molecule has 0 bridgehead atoms. The maximum Gasteiger partial charge on any atom is 0.433 e. The number of halogens is 6. The number of amides is 1. The number of benzene rings is 2. The van der Waals surface area contributed by atoms with Crippen LogP contribution >= 0.6 is 11.6 Å². The minimum atomic E-state index is -4.74. The molecule has 192 valence electrons. The standard InChI is InChI=1S/C23H19ClF5N3O3S/c1-12(13-4-7-19(18(26)10-13)32-36(2,34)35)22(33)30-11-15-5-8-20(23(27,28)29)31-21(15)14-3-6-17(25)16(24)9-14/h3-10,12,32H,11H2,1-2H3,(H,30,33)/t12-/m1/s1. The van der Waals surface area contributed by atoms with Crippen LogP contribution in [0.2, 0.25) is 5.02 Å². The van der Waals surface area contributed by atoms with Crippen molar-refractivity contribution in [2.24, 2.45) is 0 Å². The SMILES string of the molecule is C[C@@H](C(=O)NCc1ccc(C(F)(F)F)nc1-c1ccc(F)c(Cl)c1)c1ccc(NS(C)(=O)=O)c(F)c1. The lowest BCUT2D eigenvalue weighted by Crippen LogP contribution is -2.28. The fraction of sp³-hybridized carbons (Fsp3) is 0.217. The third kappa shape index (κ3) is 6.70. The summed E-state index contributed by atoms with van der Waals surface area (Å²) in [5.74, 6) is -3.12. The molecule has 1 amide bonds. The Morgan fingerprint density at radius 3 is 2.33 bits per heavy atom. The van der Waals surface area contributed by atoms with Crippen molar-refractivity contribution in [3.63, 3.8) is 0 Å². The Kier molecular flexibility index (Phi) is 7.89. The van der Waals surface area contributed by atoms with Crippen LogP contribution in [0.15, 0.2) is 48.5 Å². The smallest absolute Gasteiger partial charge is 0.351 e. The molecule has 0 radical (unpaired) electrons. The van der Waals surface area contributed by atoms with Crippen molar-refractivity contribution in [2.45, 2.75) is 25.6 Å². The highest BCUT2D eigenvalue weighted by atomic mass is 35.5. The van der Waals surface area contributed by atoms with E-state index in [2.05, 4.69) is 10.3 Å². The lowest BCUT2D eigenvalue weighted by molar-refractivity contribution is -0.141. The van der Waals surface area contributed by atoms with Crippen LogP contribution in [0, 0.1) is 11.6 Å². The maximum absolute atomic E-state index is 14.3. The van der Waals surface area contributed by atoms with Crippen LogP contribution in [0.4, 0.5) is 27.6 Å². The first kappa shape index (κ1) is 27.3. The third-order valence-electron chi connectivity index (χ3n) is 5.10. The van der Waals surface area contributed by atoms with E-state index in [1.807, 2.05) is 4.72 Å². The van der Waals surface area contributed by atoms with Gasteiger partial charge in [-0.25, -0.2) is 22.2 Å². The quantitative estimate of drug-likeness (QED) is 0.383. The van der Waals surface area contributed by atoms with Crippen LogP contribution in [-0.2, 0) is 27.5 Å². The van der Waals surface area contributed by atoms with Crippen molar-refractivity contribution in [2.75, 3.05) is 11.0 Å². The van der Waals surface area contributed by atoms with Gasteiger partial charge in [-0.15, -0.1) is 0 Å². The molecule has 1 atom stereocenters. The molecule has 36 heavy (non-hydrogen) atoms. The number of nitrogens with zero attached hydrogens (tertiary/aromatic N) is 1. The molecule has 0 fully saturated rings. The second kappa shape index (κ2) is 10.4. The number of sulfonamides is 1. The Balaban J connectivity index is 1.84. The highest BCUT2D eigenvalue weighted by Crippen LogP contribution is 2.32. The molecule has 1 heterocycles. The van der Waals surface area contributed by atoms with E-state index in [1.165, 1.54) is 25.1 Å². The number of aromatic nitrogens is 1. The van der Waals surface area contributed by atoms with Gasteiger partial charge in [-0.05, 0) is 54.4 Å². The molecule has 0 aliphatic rings. The number of anilines is 1. The predicted molar refractivity (Wildman–Crippen MR) is 125 cm³/mol. The van der Waals surface area contributed by atoms with Crippen LogP contribution < -0.4 is 10.0 Å². The molecule has 0 aliphatic carbocycles. The minimum Gasteiger partial charge on any atom is -0.351 e. The molecule has 3 rings (SSSR count). The minimum absolute atomic E-state index is 0.112. The fourth-order valence-electron chi connectivity index (χ4n) is 3.25. The van der Waals surface area contributed by atoms with Gasteiger partial charge < -0.3 is 5.32 Å². The van der Waals surface area contributed by atoms with Crippen molar-refractivity contribution in [1.82, 2.24) is 10.3 Å². The van der Waals surface area contributed by atoms with Gasteiger partial charge in [0.25, 0.3) is 0 Å². The average Bonchev–Trinajstić information content (AvgIpc) is 2.78. The molecule has 13 heteroatoms. The zero-order valence-electron chi connectivity index (χ0n) is 18.8. The Hall–Kier alpha value is -3.25. The largest absolute Gasteiger partial charge is 0.433 e. The van der Waals surface area contributed by atoms with Crippen LogP contribution in [0.5, 0.6) is 0 Å². The van der Waals surface area contributed by atoms with Gasteiger partial charge in [-0.1, -0.05) is 23.7 Å². The number of rotatable bonds is 7. The molecular weight excluding hydrogens is 529 g/mol. The van der Waals surface area contributed by atoms with Gasteiger partial charge in [0, 0.05) is 12.1 Å². The molecule has 6 nitrogen and oxygen atoms in total. The lowest BCUT2D eigenvalue weighted by Gasteiger charge is -2.16. The van der Waals surface area contributed by atoms with Gasteiger partial charge >= 0.3 is 6.18 Å². The number of hydrogen-bond acceptors (Lipinski definition) is 4. The van der Waals surface area contributed by atoms with Crippen molar-refractivity contribution in [1.29, 1.82) is 0 Å². The van der Waals surface area contributed by atoms with Gasteiger partial charge in [-0.2, -0.15) is 13.2 Å². The summed E-state index contributed by atoms with van der Waals surface area (Å²) < 4.78 is 92.2. The van der Waals surface area contributed by atoms with E-state index in [4.69, 9.17) is 11.6 Å².